The molecule has 0 aliphatic rings. The molecule has 0 atom stereocenters. The van der Waals surface area contributed by atoms with Gasteiger partial charge in [-0.2, -0.15) is 0 Å². The molecule has 134 valence electrons. The minimum atomic E-state index is -3.49. The Morgan fingerprint density at radius 1 is 1.04 bits per heavy atom. The van der Waals surface area contributed by atoms with E-state index in [1.165, 1.54) is 11.4 Å². The van der Waals surface area contributed by atoms with E-state index in [2.05, 4.69) is 10.1 Å². The molecule has 2 rings (SSSR count). The largest absolute Gasteiger partial charge is 0.457 e. The van der Waals surface area contributed by atoms with Crippen molar-refractivity contribution in [2.75, 3.05) is 30.8 Å². The lowest BCUT2D eigenvalue weighted by molar-refractivity contribution is 0.171. The number of ether oxygens (including phenoxy) is 2. The maximum Gasteiger partial charge on any atom is 0.406 e. The fourth-order valence-electron chi connectivity index (χ4n) is 2.12. The smallest absolute Gasteiger partial charge is 0.406 e. The maximum atomic E-state index is 12.0. The zero-order valence-corrected chi connectivity index (χ0v) is 14.8. The average molecular weight is 364 g/mol. The number of nitrogens with one attached hydrogen (secondary N) is 1. The van der Waals surface area contributed by atoms with E-state index in [9.17, 15) is 13.2 Å². The van der Waals surface area contributed by atoms with Crippen molar-refractivity contribution in [3.05, 3.63) is 54.6 Å². The lowest BCUT2D eigenvalue weighted by Gasteiger charge is -2.22. The molecule has 0 heterocycles. The van der Waals surface area contributed by atoms with Gasteiger partial charge in [0.05, 0.1) is 25.6 Å². The van der Waals surface area contributed by atoms with Crippen LogP contribution in [0.25, 0.3) is 0 Å². The number of benzene rings is 2. The summed E-state index contributed by atoms with van der Waals surface area (Å²) in [6, 6.07) is 16.0. The molecule has 1 N–H and O–H groups in total. The molecule has 0 unspecified atom stereocenters. The summed E-state index contributed by atoms with van der Waals surface area (Å²) < 4.78 is 35.4. The SMILES string of the molecule is COC(=O)NCCN(c1ccc(Oc2ccccc2)cc1)S(C)(=O)=O. The van der Waals surface area contributed by atoms with Crippen LogP contribution in [0.2, 0.25) is 0 Å². The number of nitrogens with zero attached hydrogens (tertiary/aromatic N) is 1. The van der Waals surface area contributed by atoms with Crippen molar-refractivity contribution in [1.82, 2.24) is 5.32 Å². The van der Waals surface area contributed by atoms with Gasteiger partial charge in [-0.1, -0.05) is 18.2 Å². The summed E-state index contributed by atoms with van der Waals surface area (Å²) in [5.74, 6) is 1.29. The molecular formula is C17H20N2O5S. The fraction of sp³-hybridized carbons (Fsp3) is 0.235. The van der Waals surface area contributed by atoms with Crippen molar-refractivity contribution >= 4 is 21.8 Å². The Labute approximate surface area is 147 Å². The van der Waals surface area contributed by atoms with E-state index in [4.69, 9.17) is 4.74 Å². The van der Waals surface area contributed by atoms with Gasteiger partial charge in [0.25, 0.3) is 0 Å². The fourth-order valence-corrected chi connectivity index (χ4v) is 3.05. The number of hydrogen-bond acceptors (Lipinski definition) is 5. The Morgan fingerprint density at radius 2 is 1.64 bits per heavy atom. The number of amides is 1. The number of para-hydroxylation sites is 1. The Kier molecular flexibility index (Phi) is 6.24. The zero-order valence-electron chi connectivity index (χ0n) is 14.0. The lowest BCUT2D eigenvalue weighted by atomic mass is 10.3. The number of carbonyl (C=O) groups excluding carboxylic acids is 1. The van der Waals surface area contributed by atoms with Crippen LogP contribution in [0.1, 0.15) is 0 Å². The first-order chi connectivity index (χ1) is 11.9. The lowest BCUT2D eigenvalue weighted by Crippen LogP contribution is -2.38. The van der Waals surface area contributed by atoms with Gasteiger partial charge >= 0.3 is 6.09 Å². The van der Waals surface area contributed by atoms with Gasteiger partial charge in [0.15, 0.2) is 0 Å². The normalized spacial score (nSPS) is 10.8. The van der Waals surface area contributed by atoms with Crippen LogP contribution in [0.5, 0.6) is 11.5 Å². The average Bonchev–Trinajstić information content (AvgIpc) is 2.59. The van der Waals surface area contributed by atoms with Crippen molar-refractivity contribution in [2.45, 2.75) is 0 Å². The van der Waals surface area contributed by atoms with Crippen LogP contribution < -0.4 is 14.4 Å². The quantitative estimate of drug-likeness (QED) is 0.816. The predicted molar refractivity (Wildman–Crippen MR) is 95.6 cm³/mol. The first kappa shape index (κ1) is 18.6. The molecule has 7 nitrogen and oxygen atoms in total. The zero-order chi connectivity index (χ0) is 18.3. The third-order valence-electron chi connectivity index (χ3n) is 3.27. The number of rotatable bonds is 7. The summed E-state index contributed by atoms with van der Waals surface area (Å²) >= 11 is 0. The van der Waals surface area contributed by atoms with E-state index < -0.39 is 16.1 Å². The first-order valence-corrected chi connectivity index (χ1v) is 9.37. The van der Waals surface area contributed by atoms with Crippen molar-refractivity contribution in [2.24, 2.45) is 0 Å². The van der Waals surface area contributed by atoms with Crippen LogP contribution in [0.15, 0.2) is 54.6 Å². The first-order valence-electron chi connectivity index (χ1n) is 7.52. The molecule has 0 fully saturated rings. The van der Waals surface area contributed by atoms with Crippen molar-refractivity contribution < 1.29 is 22.7 Å². The van der Waals surface area contributed by atoms with Gasteiger partial charge in [0.1, 0.15) is 11.5 Å². The van der Waals surface area contributed by atoms with Gasteiger partial charge in [-0.15, -0.1) is 0 Å². The van der Waals surface area contributed by atoms with Crippen molar-refractivity contribution in [1.29, 1.82) is 0 Å². The van der Waals surface area contributed by atoms with E-state index in [1.807, 2.05) is 30.3 Å². The van der Waals surface area contributed by atoms with Crippen LogP contribution in [-0.4, -0.2) is 41.0 Å². The molecule has 1 amide bonds. The monoisotopic (exact) mass is 364 g/mol. The van der Waals surface area contributed by atoms with Gasteiger partial charge in [-0.3, -0.25) is 4.31 Å². The molecular weight excluding hydrogens is 344 g/mol. The van der Waals surface area contributed by atoms with E-state index >= 15 is 0 Å². The summed E-state index contributed by atoms with van der Waals surface area (Å²) in [5.41, 5.74) is 0.481. The molecule has 25 heavy (non-hydrogen) atoms. The Balaban J connectivity index is 2.08. The summed E-state index contributed by atoms with van der Waals surface area (Å²) in [6.45, 7) is 0.217. The second kappa shape index (κ2) is 8.39. The highest BCUT2D eigenvalue weighted by Gasteiger charge is 2.17. The van der Waals surface area contributed by atoms with Gasteiger partial charge in [0.2, 0.25) is 10.0 Å². The van der Waals surface area contributed by atoms with Gasteiger partial charge in [0, 0.05) is 6.54 Å². The molecule has 0 spiro atoms. The molecule has 0 aromatic heterocycles. The van der Waals surface area contributed by atoms with Crippen LogP contribution in [0, 0.1) is 0 Å². The number of hydrogen-bond donors (Lipinski definition) is 1. The van der Waals surface area contributed by atoms with Crippen LogP contribution in [0.3, 0.4) is 0 Å². The number of sulfonamides is 1. The second-order valence-corrected chi connectivity index (χ2v) is 7.07. The summed E-state index contributed by atoms with van der Waals surface area (Å²) in [6.07, 6.45) is 0.500. The highest BCUT2D eigenvalue weighted by atomic mass is 32.2. The molecule has 0 bridgehead atoms. The topological polar surface area (TPSA) is 84.9 Å². The number of carbonyl (C=O) groups is 1. The number of anilines is 1. The van der Waals surface area contributed by atoms with Crippen LogP contribution in [-0.2, 0) is 14.8 Å². The minimum absolute atomic E-state index is 0.0901. The Bertz CT molecular complexity index is 792. The summed E-state index contributed by atoms with van der Waals surface area (Å²) in [4.78, 5) is 11.1. The molecule has 0 saturated heterocycles. The minimum Gasteiger partial charge on any atom is -0.457 e. The maximum absolute atomic E-state index is 12.0. The third kappa shape index (κ3) is 5.68. The van der Waals surface area contributed by atoms with Gasteiger partial charge < -0.3 is 14.8 Å². The van der Waals surface area contributed by atoms with Gasteiger partial charge in [-0.05, 0) is 36.4 Å². The standard InChI is InChI=1S/C17H20N2O5S/c1-23-17(20)18-12-13-19(25(2,21)22)14-8-10-16(11-9-14)24-15-6-4-3-5-7-15/h3-11H,12-13H2,1-2H3,(H,18,20). The molecule has 0 radical (unpaired) electrons. The molecule has 2 aromatic carbocycles. The van der Waals surface area contributed by atoms with Crippen molar-refractivity contribution in [3.8, 4) is 11.5 Å². The van der Waals surface area contributed by atoms with E-state index in [1.54, 1.807) is 24.3 Å². The van der Waals surface area contributed by atoms with E-state index in [0.29, 0.717) is 17.2 Å². The Hall–Kier alpha value is -2.74. The van der Waals surface area contributed by atoms with Crippen LogP contribution in [0.4, 0.5) is 10.5 Å². The summed E-state index contributed by atoms with van der Waals surface area (Å²) in [7, 11) is -2.25. The van der Waals surface area contributed by atoms with E-state index in [0.717, 1.165) is 6.26 Å². The Morgan fingerprint density at radius 3 is 2.20 bits per heavy atom. The molecule has 0 saturated carbocycles. The van der Waals surface area contributed by atoms with Crippen molar-refractivity contribution in [3.63, 3.8) is 0 Å². The molecule has 8 heteroatoms. The second-order valence-electron chi connectivity index (χ2n) is 5.16. The molecule has 0 aliphatic heterocycles. The third-order valence-corrected chi connectivity index (χ3v) is 4.47. The van der Waals surface area contributed by atoms with E-state index in [-0.39, 0.29) is 13.1 Å². The molecule has 0 aliphatic carbocycles. The van der Waals surface area contributed by atoms with Crippen LogP contribution >= 0.6 is 0 Å². The number of methoxy groups -OCH3 is 1. The highest BCUT2D eigenvalue weighted by molar-refractivity contribution is 7.92. The molecule has 2 aromatic rings. The predicted octanol–water partition coefficient (Wildman–Crippen LogP) is 2.60. The number of alkyl carbamates (subject to hydrolysis) is 1. The summed E-state index contributed by atoms with van der Waals surface area (Å²) in [5, 5.41) is 2.46. The van der Waals surface area contributed by atoms with Gasteiger partial charge in [-0.25, -0.2) is 13.2 Å². The highest BCUT2D eigenvalue weighted by Crippen LogP contribution is 2.25.